The van der Waals surface area contributed by atoms with E-state index in [1.807, 2.05) is 6.08 Å². The minimum Gasteiger partial charge on any atom is -0.393 e. The monoisotopic (exact) mass is 871 g/mol. The van der Waals surface area contributed by atoms with Gasteiger partial charge in [-0.15, -0.1) is 0 Å². The first kappa shape index (κ1) is 58.9. The largest absolute Gasteiger partial charge is 0.472 e. The number of carbonyl (C=O) groups excluding carboxylic acids is 1. The summed E-state index contributed by atoms with van der Waals surface area (Å²) in [6.45, 7) is 3.99. The van der Waals surface area contributed by atoms with Crippen molar-refractivity contribution in [3.05, 3.63) is 24.3 Å². The van der Waals surface area contributed by atoms with Crippen LogP contribution in [0.4, 0.5) is 0 Å². The number of nitrogens with two attached hydrogens (primary N) is 1. The molecule has 4 unspecified atom stereocenters. The van der Waals surface area contributed by atoms with Crippen LogP contribution in [0.15, 0.2) is 24.3 Å². The second kappa shape index (κ2) is 45.9. The minimum atomic E-state index is -4.41. The van der Waals surface area contributed by atoms with Gasteiger partial charge in [-0.05, 0) is 32.1 Å². The fourth-order valence-electron chi connectivity index (χ4n) is 7.72. The topological polar surface area (TPSA) is 151 Å². The zero-order valence-corrected chi connectivity index (χ0v) is 40.2. The fourth-order valence-corrected chi connectivity index (χ4v) is 8.48. The fraction of sp³-hybridized carbons (Fsp3) is 0.900. The number of rotatable bonds is 48. The Morgan fingerprint density at radius 2 is 0.950 bits per heavy atom. The van der Waals surface area contributed by atoms with E-state index in [0.717, 1.165) is 32.1 Å². The minimum absolute atomic E-state index is 0.0463. The van der Waals surface area contributed by atoms with Crippen molar-refractivity contribution in [3.8, 4) is 0 Å². The van der Waals surface area contributed by atoms with E-state index in [1.54, 1.807) is 6.08 Å². The Balaban J connectivity index is 4.19. The molecule has 0 saturated carbocycles. The van der Waals surface area contributed by atoms with E-state index < -0.39 is 38.6 Å². The zero-order valence-electron chi connectivity index (χ0n) is 39.3. The highest BCUT2D eigenvalue weighted by molar-refractivity contribution is 7.47. The number of carbonyl (C=O) groups is 1. The Labute approximate surface area is 370 Å². The molecule has 4 atom stereocenters. The first-order valence-electron chi connectivity index (χ1n) is 25.5. The van der Waals surface area contributed by atoms with E-state index in [-0.39, 0.29) is 19.6 Å². The van der Waals surface area contributed by atoms with Crippen molar-refractivity contribution in [2.45, 2.75) is 270 Å². The van der Waals surface area contributed by atoms with Crippen LogP contribution in [-0.4, -0.2) is 59.0 Å². The third-order valence-corrected chi connectivity index (χ3v) is 12.6. The molecule has 0 heterocycles. The summed E-state index contributed by atoms with van der Waals surface area (Å²) in [7, 11) is -4.41. The maximum atomic E-state index is 12.9. The summed E-state index contributed by atoms with van der Waals surface area (Å²) in [5.41, 5.74) is 5.38. The molecule has 0 aromatic heterocycles. The van der Waals surface area contributed by atoms with Crippen LogP contribution < -0.4 is 11.1 Å². The van der Waals surface area contributed by atoms with Crippen LogP contribution in [0.2, 0.25) is 0 Å². The van der Waals surface area contributed by atoms with Crippen molar-refractivity contribution in [1.82, 2.24) is 5.32 Å². The van der Waals surface area contributed by atoms with Gasteiger partial charge in [-0.3, -0.25) is 13.8 Å². The number of hydrogen-bond acceptors (Lipinski definition) is 7. The summed E-state index contributed by atoms with van der Waals surface area (Å²) in [6.07, 6.45) is 51.3. The van der Waals surface area contributed by atoms with Gasteiger partial charge in [0, 0.05) is 6.54 Å². The highest BCUT2D eigenvalue weighted by Gasteiger charge is 2.27. The molecule has 0 bridgehead atoms. The summed E-state index contributed by atoms with van der Waals surface area (Å²) in [5.74, 6) is -0.451. The van der Waals surface area contributed by atoms with Crippen LogP contribution in [0.25, 0.3) is 0 Å². The van der Waals surface area contributed by atoms with Gasteiger partial charge in [0.25, 0.3) is 0 Å². The molecule has 356 valence electrons. The van der Waals surface area contributed by atoms with Crippen LogP contribution in [-0.2, 0) is 18.4 Å². The second-order valence-corrected chi connectivity index (χ2v) is 19.0. The van der Waals surface area contributed by atoms with Crippen LogP contribution in [0, 0.1) is 0 Å². The summed E-state index contributed by atoms with van der Waals surface area (Å²) < 4.78 is 22.1. The van der Waals surface area contributed by atoms with E-state index >= 15 is 0 Å². The van der Waals surface area contributed by atoms with Gasteiger partial charge in [0.2, 0.25) is 5.91 Å². The Bertz CT molecular complexity index is 1010. The van der Waals surface area contributed by atoms with E-state index in [1.165, 1.54) is 186 Å². The van der Waals surface area contributed by atoms with Crippen molar-refractivity contribution in [2.75, 3.05) is 19.8 Å². The van der Waals surface area contributed by atoms with E-state index in [9.17, 15) is 24.5 Å². The molecular formula is C50H99N2O7P. The van der Waals surface area contributed by atoms with Gasteiger partial charge in [0.05, 0.1) is 37.9 Å². The van der Waals surface area contributed by atoms with E-state index in [4.69, 9.17) is 14.8 Å². The average Bonchev–Trinajstić information content (AvgIpc) is 3.23. The predicted molar refractivity (Wildman–Crippen MR) is 255 cm³/mol. The molecule has 0 saturated heterocycles. The molecule has 0 aliphatic rings. The standard InChI is InChI=1S/C50H99N2O7P/c1-3-5-7-9-11-13-15-17-19-21-22-23-24-26-27-29-31-33-35-37-39-41-47(53)45-50(55)52-48(46-59-60(56,57)58-44-43-51)49(54)42-40-38-36-34-32-30-28-25-20-18-16-14-12-10-8-6-4-2/h32,34,40,42,47-49,53-54H,3-31,33,35-39,41,43-46,51H2,1-2H3,(H,52,55)(H,56,57)/b34-32+,42-40+. The van der Waals surface area contributed by atoms with Crippen molar-refractivity contribution in [2.24, 2.45) is 5.73 Å². The molecule has 0 aliphatic carbocycles. The normalized spacial score (nSPS) is 14.6. The zero-order chi connectivity index (χ0) is 44.0. The summed E-state index contributed by atoms with van der Waals surface area (Å²) in [4.78, 5) is 22.8. The Morgan fingerprint density at radius 3 is 1.38 bits per heavy atom. The summed E-state index contributed by atoms with van der Waals surface area (Å²) >= 11 is 0. The van der Waals surface area contributed by atoms with Crippen molar-refractivity contribution in [1.29, 1.82) is 0 Å². The summed E-state index contributed by atoms with van der Waals surface area (Å²) in [6, 6.07) is -0.996. The van der Waals surface area contributed by atoms with Crippen LogP contribution in [0.3, 0.4) is 0 Å². The molecule has 1 amide bonds. The lowest BCUT2D eigenvalue weighted by atomic mass is 10.0. The number of aliphatic hydroxyl groups excluding tert-OH is 2. The predicted octanol–water partition coefficient (Wildman–Crippen LogP) is 13.9. The molecule has 0 aliphatic heterocycles. The first-order chi connectivity index (χ1) is 29.3. The van der Waals surface area contributed by atoms with Gasteiger partial charge < -0.3 is 26.2 Å². The molecule has 0 aromatic rings. The first-order valence-corrected chi connectivity index (χ1v) is 27.0. The van der Waals surface area contributed by atoms with Gasteiger partial charge in [0.1, 0.15) is 0 Å². The van der Waals surface area contributed by atoms with Crippen LogP contribution in [0.1, 0.15) is 251 Å². The lowest BCUT2D eigenvalue weighted by Gasteiger charge is -2.24. The quantitative estimate of drug-likeness (QED) is 0.0230. The third-order valence-electron chi connectivity index (χ3n) is 11.6. The SMILES string of the molecule is CCCCCCCCCCCCC/C=C/CC/C=C/C(O)C(COP(=O)(O)OCCN)NC(=O)CC(O)CCCCCCCCCCCCCCCCCCCCCCC. The van der Waals surface area contributed by atoms with Gasteiger partial charge in [-0.2, -0.15) is 0 Å². The second-order valence-electron chi connectivity index (χ2n) is 17.6. The van der Waals surface area contributed by atoms with Gasteiger partial charge in [-0.25, -0.2) is 4.57 Å². The number of aliphatic hydroxyl groups is 2. The highest BCUT2D eigenvalue weighted by Crippen LogP contribution is 2.43. The number of hydrogen-bond donors (Lipinski definition) is 5. The molecule has 0 spiro atoms. The van der Waals surface area contributed by atoms with Gasteiger partial charge in [-0.1, -0.05) is 237 Å². The molecule has 0 fully saturated rings. The maximum absolute atomic E-state index is 12.9. The lowest BCUT2D eigenvalue weighted by Crippen LogP contribution is -2.46. The molecule has 6 N–H and O–H groups in total. The van der Waals surface area contributed by atoms with Crippen molar-refractivity contribution < 1.29 is 33.5 Å². The highest BCUT2D eigenvalue weighted by atomic mass is 31.2. The molecule has 60 heavy (non-hydrogen) atoms. The molecule has 0 aromatic carbocycles. The molecule has 0 rings (SSSR count). The Kier molecular flexibility index (Phi) is 45.1. The molecule has 9 nitrogen and oxygen atoms in total. The van der Waals surface area contributed by atoms with Crippen LogP contribution in [0.5, 0.6) is 0 Å². The number of nitrogens with one attached hydrogen (secondary N) is 1. The molecule has 10 heteroatoms. The van der Waals surface area contributed by atoms with Crippen molar-refractivity contribution in [3.63, 3.8) is 0 Å². The molecule has 0 radical (unpaired) electrons. The third kappa shape index (κ3) is 43.6. The number of unbranched alkanes of at least 4 members (excludes halogenated alkanes) is 32. The van der Waals surface area contributed by atoms with Crippen molar-refractivity contribution >= 4 is 13.7 Å². The lowest BCUT2D eigenvalue weighted by molar-refractivity contribution is -0.124. The summed E-state index contributed by atoms with van der Waals surface area (Å²) in [5, 5.41) is 24.1. The van der Waals surface area contributed by atoms with E-state index in [0.29, 0.717) is 12.8 Å². The Hall–Kier alpha value is -1.06. The number of allylic oxidation sites excluding steroid dienone is 3. The maximum Gasteiger partial charge on any atom is 0.472 e. The average molecular weight is 871 g/mol. The van der Waals surface area contributed by atoms with Gasteiger partial charge >= 0.3 is 7.82 Å². The number of amides is 1. The van der Waals surface area contributed by atoms with E-state index in [2.05, 4.69) is 31.3 Å². The van der Waals surface area contributed by atoms with Crippen LogP contribution >= 0.6 is 7.82 Å². The Morgan fingerprint density at radius 1 is 0.567 bits per heavy atom. The van der Waals surface area contributed by atoms with Gasteiger partial charge in [0.15, 0.2) is 0 Å². The number of phosphoric acid groups is 1. The molecular weight excluding hydrogens is 772 g/mol. The smallest absolute Gasteiger partial charge is 0.393 e. The number of phosphoric ester groups is 1.